The van der Waals surface area contributed by atoms with Crippen molar-refractivity contribution in [2.24, 2.45) is 0 Å². The van der Waals surface area contributed by atoms with E-state index < -0.39 is 12.1 Å². The monoisotopic (exact) mass is 693 g/mol. The fourth-order valence-corrected chi connectivity index (χ4v) is 6.55. The zero-order valence-corrected chi connectivity index (χ0v) is 29.6. The van der Waals surface area contributed by atoms with Gasteiger partial charge in [-0.05, 0) is 41.8 Å². The van der Waals surface area contributed by atoms with E-state index in [1.54, 1.807) is 24.3 Å². The van der Waals surface area contributed by atoms with Gasteiger partial charge in [0.1, 0.15) is 6.10 Å². The van der Waals surface area contributed by atoms with Gasteiger partial charge in [0.2, 0.25) is 11.5 Å². The van der Waals surface area contributed by atoms with Gasteiger partial charge < -0.3 is 43.2 Å². The van der Waals surface area contributed by atoms with Crippen LogP contribution in [0.2, 0.25) is 0 Å². The van der Waals surface area contributed by atoms with Crippen LogP contribution in [-0.4, -0.2) is 123 Å². The first-order chi connectivity index (χ1) is 24.3. The molecular formula is C37H47N3O10. The minimum absolute atomic E-state index is 0.182. The number of carbonyl (C=O) groups is 2. The average Bonchev–Trinajstić information content (AvgIpc) is 3.16. The number of rotatable bonds is 15. The predicted octanol–water partition coefficient (Wildman–Crippen LogP) is 3.63. The van der Waals surface area contributed by atoms with E-state index in [4.69, 9.17) is 37.9 Å². The van der Waals surface area contributed by atoms with Crippen molar-refractivity contribution >= 4 is 11.9 Å². The average molecular weight is 694 g/mol. The molecule has 2 atom stereocenters. The highest BCUT2D eigenvalue weighted by atomic mass is 16.6. The van der Waals surface area contributed by atoms with Gasteiger partial charge in [0.25, 0.3) is 5.91 Å². The molecule has 0 saturated carbocycles. The lowest BCUT2D eigenvalue weighted by Crippen LogP contribution is -2.50. The van der Waals surface area contributed by atoms with Crippen LogP contribution in [0.3, 0.4) is 0 Å². The van der Waals surface area contributed by atoms with Crippen LogP contribution in [0.25, 0.3) is 0 Å². The third-order valence-electron chi connectivity index (χ3n) is 9.08. The quantitative estimate of drug-likeness (QED) is 0.234. The Morgan fingerprint density at radius 1 is 0.760 bits per heavy atom. The number of nitrogens with zero attached hydrogens (tertiary/aromatic N) is 2. The lowest BCUT2D eigenvalue weighted by molar-refractivity contribution is -0.0173. The van der Waals surface area contributed by atoms with E-state index in [1.807, 2.05) is 12.1 Å². The summed E-state index contributed by atoms with van der Waals surface area (Å²) in [6, 6.07) is 14.5. The van der Waals surface area contributed by atoms with Gasteiger partial charge in [-0.1, -0.05) is 24.3 Å². The molecule has 2 aliphatic rings. The molecule has 50 heavy (non-hydrogen) atoms. The number of fused-ring (bicyclic) bond motifs is 1. The number of hydrogen-bond acceptors (Lipinski definition) is 12. The minimum atomic E-state index is -0.507. The van der Waals surface area contributed by atoms with Crippen LogP contribution >= 0.6 is 0 Å². The first-order valence-corrected chi connectivity index (χ1v) is 16.5. The number of hydrogen-bond donors (Lipinski definition) is 1. The molecule has 0 aliphatic carbocycles. The predicted molar refractivity (Wildman–Crippen MR) is 185 cm³/mol. The number of nitrogens with one attached hydrogen (secondary N) is 1. The van der Waals surface area contributed by atoms with E-state index in [0.717, 1.165) is 25.1 Å². The van der Waals surface area contributed by atoms with E-state index in [1.165, 1.54) is 48.2 Å². The summed E-state index contributed by atoms with van der Waals surface area (Å²) >= 11 is 0. The maximum absolute atomic E-state index is 13.8. The maximum atomic E-state index is 13.8. The van der Waals surface area contributed by atoms with Crippen LogP contribution in [0.1, 0.15) is 37.9 Å². The second kappa shape index (κ2) is 17.3. The summed E-state index contributed by atoms with van der Waals surface area (Å²) in [5.41, 5.74) is 2.99. The van der Waals surface area contributed by atoms with Crippen LogP contribution in [0.5, 0.6) is 34.5 Å². The van der Waals surface area contributed by atoms with Crippen molar-refractivity contribution in [2.45, 2.75) is 18.6 Å². The molecule has 2 aliphatic heterocycles. The lowest BCUT2D eigenvalue weighted by atomic mass is 9.92. The number of esters is 1. The first-order valence-electron chi connectivity index (χ1n) is 16.5. The Balaban J connectivity index is 1.40. The highest BCUT2D eigenvalue weighted by Crippen LogP contribution is 2.39. The molecule has 270 valence electrons. The van der Waals surface area contributed by atoms with Crippen LogP contribution < -0.4 is 33.7 Å². The molecule has 0 bridgehead atoms. The Hall–Kier alpha value is -4.72. The maximum Gasteiger partial charge on any atom is 0.338 e. The fourth-order valence-electron chi connectivity index (χ4n) is 6.55. The summed E-state index contributed by atoms with van der Waals surface area (Å²) in [5, 5.41) is 3.13. The van der Waals surface area contributed by atoms with E-state index >= 15 is 0 Å². The topological polar surface area (TPSA) is 126 Å². The largest absolute Gasteiger partial charge is 0.493 e. The number of benzene rings is 3. The normalized spacial score (nSPS) is 16.8. The number of morpholine rings is 1. The minimum Gasteiger partial charge on any atom is -0.493 e. The fraction of sp³-hybridized carbons (Fsp3) is 0.459. The first kappa shape index (κ1) is 36.6. The smallest absolute Gasteiger partial charge is 0.338 e. The highest BCUT2D eigenvalue weighted by molar-refractivity contribution is 5.95. The Kier molecular flexibility index (Phi) is 12.6. The molecule has 13 nitrogen and oxygen atoms in total. The molecule has 5 rings (SSSR count). The molecule has 0 spiro atoms. The molecular weight excluding hydrogens is 646 g/mol. The van der Waals surface area contributed by atoms with Crippen molar-refractivity contribution in [3.05, 3.63) is 70.8 Å². The van der Waals surface area contributed by atoms with Crippen LogP contribution in [-0.2, 0) is 15.9 Å². The number of ether oxygens (including phenoxy) is 8. The third kappa shape index (κ3) is 8.35. The van der Waals surface area contributed by atoms with E-state index in [2.05, 4.69) is 27.2 Å². The number of carbonyl (C=O) groups excluding carboxylic acids is 2. The van der Waals surface area contributed by atoms with Gasteiger partial charge >= 0.3 is 5.97 Å². The highest BCUT2D eigenvalue weighted by Gasteiger charge is 2.32. The second-order valence-corrected chi connectivity index (χ2v) is 11.9. The van der Waals surface area contributed by atoms with Gasteiger partial charge in [0, 0.05) is 44.8 Å². The molecule has 2 heterocycles. The van der Waals surface area contributed by atoms with Crippen molar-refractivity contribution < 1.29 is 47.5 Å². The van der Waals surface area contributed by atoms with Crippen molar-refractivity contribution in [1.29, 1.82) is 0 Å². The van der Waals surface area contributed by atoms with Crippen molar-refractivity contribution in [2.75, 3.05) is 95.1 Å². The van der Waals surface area contributed by atoms with Gasteiger partial charge in [0.05, 0.1) is 67.5 Å². The van der Waals surface area contributed by atoms with Crippen molar-refractivity contribution in [1.82, 2.24) is 15.1 Å². The standard InChI is InChI=1S/C37H47N3O10/c1-43-30-17-25(18-31(44-2)34(30)47-5)36(41)38-21-29-28-10-8-7-9-24(28)11-12-40(29)23-27(22-39-13-15-49-16-14-39)50-37(42)26-19-32(45-3)35(48-6)33(20-26)46-4/h7-10,17-20,27,29H,11-16,21-23H2,1-6H3,(H,38,41). The molecule has 1 saturated heterocycles. The summed E-state index contributed by atoms with van der Waals surface area (Å²) in [7, 11) is 9.06. The second-order valence-electron chi connectivity index (χ2n) is 11.9. The molecule has 13 heteroatoms. The zero-order chi connectivity index (χ0) is 35.6. The van der Waals surface area contributed by atoms with Gasteiger partial charge in [-0.15, -0.1) is 0 Å². The summed E-state index contributed by atoms with van der Waals surface area (Å²) in [5.74, 6) is 1.51. The SMILES string of the molecule is COc1cc(C(=O)NCC2c3ccccc3CCN2CC(CN2CCOCC2)OC(=O)c2cc(OC)c(OC)c(OC)c2)cc(OC)c1OC. The molecule has 3 aromatic rings. The Morgan fingerprint density at radius 2 is 1.32 bits per heavy atom. The molecule has 1 fully saturated rings. The van der Waals surface area contributed by atoms with E-state index in [-0.39, 0.29) is 17.5 Å². The lowest BCUT2D eigenvalue weighted by Gasteiger charge is -2.40. The zero-order valence-electron chi connectivity index (χ0n) is 29.6. The molecule has 0 radical (unpaired) electrons. The molecule has 3 aromatic carbocycles. The molecule has 1 amide bonds. The third-order valence-corrected chi connectivity index (χ3v) is 9.08. The Bertz CT molecular complexity index is 1580. The summed E-state index contributed by atoms with van der Waals surface area (Å²) in [4.78, 5) is 31.9. The van der Waals surface area contributed by atoms with Gasteiger partial charge in [-0.3, -0.25) is 14.6 Å². The summed E-state index contributed by atoms with van der Waals surface area (Å²) in [6.45, 7) is 4.67. The van der Waals surface area contributed by atoms with Gasteiger partial charge in [0.15, 0.2) is 23.0 Å². The number of methoxy groups -OCH3 is 6. The molecule has 1 N–H and O–H groups in total. The van der Waals surface area contributed by atoms with Crippen LogP contribution in [0.4, 0.5) is 0 Å². The Labute approximate surface area is 293 Å². The summed E-state index contributed by atoms with van der Waals surface area (Å²) in [6.07, 6.45) is 0.316. The van der Waals surface area contributed by atoms with Gasteiger partial charge in [-0.2, -0.15) is 0 Å². The number of amides is 1. The van der Waals surface area contributed by atoms with E-state index in [0.29, 0.717) is 79.5 Å². The summed E-state index contributed by atoms with van der Waals surface area (Å²) < 4.78 is 44.6. The van der Waals surface area contributed by atoms with Crippen molar-refractivity contribution in [3.8, 4) is 34.5 Å². The Morgan fingerprint density at radius 3 is 1.88 bits per heavy atom. The van der Waals surface area contributed by atoms with Crippen molar-refractivity contribution in [3.63, 3.8) is 0 Å². The molecule has 0 aromatic heterocycles. The molecule has 2 unspecified atom stereocenters. The van der Waals surface area contributed by atoms with E-state index in [9.17, 15) is 9.59 Å². The van der Waals surface area contributed by atoms with Gasteiger partial charge in [-0.25, -0.2) is 4.79 Å². The van der Waals surface area contributed by atoms with Crippen LogP contribution in [0, 0.1) is 0 Å². The van der Waals surface area contributed by atoms with Crippen LogP contribution in [0.15, 0.2) is 48.5 Å².